The summed E-state index contributed by atoms with van der Waals surface area (Å²) in [4.78, 5) is 0.922. The van der Waals surface area contributed by atoms with Gasteiger partial charge in [-0.3, -0.25) is 0 Å². The van der Waals surface area contributed by atoms with Crippen molar-refractivity contribution in [1.29, 1.82) is 0 Å². The van der Waals surface area contributed by atoms with Gasteiger partial charge in [0.1, 0.15) is 5.01 Å². The van der Waals surface area contributed by atoms with Gasteiger partial charge in [0, 0.05) is 12.3 Å². The largest absolute Gasteiger partial charge is 0.330 e. The Labute approximate surface area is 104 Å². The van der Waals surface area contributed by atoms with Gasteiger partial charge < -0.3 is 5.73 Å². The number of hydrogen-bond donors (Lipinski definition) is 1. The minimum atomic E-state index is 0.478. The molecule has 1 fully saturated rings. The summed E-state index contributed by atoms with van der Waals surface area (Å²) >= 11 is 1.64. The molecular formula is C11H17N5S. The van der Waals surface area contributed by atoms with E-state index in [1.807, 2.05) is 4.52 Å². The molecule has 1 atom stereocenters. The van der Waals surface area contributed by atoms with Crippen LogP contribution in [0.5, 0.6) is 0 Å². The SMILES string of the molecule is CC(CN)Cc1nn2c(C3CCC3)nnc2s1. The van der Waals surface area contributed by atoms with Gasteiger partial charge in [-0.1, -0.05) is 24.7 Å². The smallest absolute Gasteiger partial charge is 0.234 e. The van der Waals surface area contributed by atoms with Gasteiger partial charge in [0.25, 0.3) is 0 Å². The lowest BCUT2D eigenvalue weighted by Gasteiger charge is -2.22. The highest BCUT2D eigenvalue weighted by Gasteiger charge is 2.26. The maximum absolute atomic E-state index is 5.64. The van der Waals surface area contributed by atoms with Crippen LogP contribution in [0.4, 0.5) is 0 Å². The molecule has 2 heterocycles. The third-order valence-corrected chi connectivity index (χ3v) is 4.37. The Bertz CT molecular complexity index is 513. The van der Waals surface area contributed by atoms with E-state index in [9.17, 15) is 0 Å². The van der Waals surface area contributed by atoms with Crippen LogP contribution in [0.3, 0.4) is 0 Å². The summed E-state index contributed by atoms with van der Waals surface area (Å²) in [6.45, 7) is 2.85. The highest BCUT2D eigenvalue weighted by atomic mass is 32.1. The third-order valence-electron chi connectivity index (χ3n) is 3.45. The zero-order chi connectivity index (χ0) is 11.8. The second-order valence-corrected chi connectivity index (χ2v) is 5.96. The maximum Gasteiger partial charge on any atom is 0.234 e. The highest BCUT2D eigenvalue weighted by Crippen LogP contribution is 2.35. The van der Waals surface area contributed by atoms with E-state index in [1.165, 1.54) is 19.3 Å². The van der Waals surface area contributed by atoms with E-state index in [0.29, 0.717) is 18.4 Å². The van der Waals surface area contributed by atoms with Crippen LogP contribution in [0.15, 0.2) is 0 Å². The predicted molar refractivity (Wildman–Crippen MR) is 67.2 cm³/mol. The minimum Gasteiger partial charge on any atom is -0.330 e. The fourth-order valence-electron chi connectivity index (χ4n) is 2.06. The van der Waals surface area contributed by atoms with Crippen molar-refractivity contribution in [3.05, 3.63) is 10.8 Å². The maximum atomic E-state index is 5.64. The Hall–Kier alpha value is -1.01. The van der Waals surface area contributed by atoms with Crippen molar-refractivity contribution in [2.24, 2.45) is 11.7 Å². The van der Waals surface area contributed by atoms with Gasteiger partial charge in [0.2, 0.25) is 4.96 Å². The Morgan fingerprint density at radius 2 is 2.29 bits per heavy atom. The van der Waals surface area contributed by atoms with Gasteiger partial charge in [0.15, 0.2) is 5.82 Å². The Morgan fingerprint density at radius 1 is 1.47 bits per heavy atom. The monoisotopic (exact) mass is 251 g/mol. The van der Waals surface area contributed by atoms with E-state index < -0.39 is 0 Å². The first-order valence-corrected chi connectivity index (χ1v) is 7.00. The van der Waals surface area contributed by atoms with Crippen molar-refractivity contribution < 1.29 is 0 Å². The molecule has 2 aromatic rings. The zero-order valence-electron chi connectivity index (χ0n) is 9.96. The summed E-state index contributed by atoms with van der Waals surface area (Å²) in [6.07, 6.45) is 4.70. The van der Waals surface area contributed by atoms with Crippen LogP contribution < -0.4 is 5.73 Å². The molecule has 92 valence electrons. The Balaban J connectivity index is 1.88. The number of rotatable bonds is 4. The standard InChI is InChI=1S/C11H17N5S/c1-7(6-12)5-9-15-16-10(8-3-2-4-8)13-14-11(16)17-9/h7-8H,2-6,12H2,1H3. The first-order chi connectivity index (χ1) is 8.28. The summed E-state index contributed by atoms with van der Waals surface area (Å²) in [7, 11) is 0. The van der Waals surface area contributed by atoms with Crippen LogP contribution in [0.25, 0.3) is 4.96 Å². The summed E-state index contributed by atoms with van der Waals surface area (Å²) in [5.74, 6) is 2.10. The predicted octanol–water partition coefficient (Wildman–Crippen LogP) is 1.59. The number of nitrogens with zero attached hydrogens (tertiary/aromatic N) is 4. The molecule has 17 heavy (non-hydrogen) atoms. The molecule has 0 radical (unpaired) electrons. The first-order valence-electron chi connectivity index (χ1n) is 6.19. The van der Waals surface area contributed by atoms with Crippen molar-refractivity contribution in [3.8, 4) is 0 Å². The van der Waals surface area contributed by atoms with Crippen molar-refractivity contribution in [1.82, 2.24) is 19.8 Å². The third kappa shape index (κ3) is 1.95. The highest BCUT2D eigenvalue weighted by molar-refractivity contribution is 7.16. The lowest BCUT2D eigenvalue weighted by molar-refractivity contribution is 0.394. The molecule has 1 aliphatic rings. The van der Waals surface area contributed by atoms with Gasteiger partial charge in [-0.2, -0.15) is 9.61 Å². The quantitative estimate of drug-likeness (QED) is 0.896. The number of nitrogens with two attached hydrogens (primary N) is 1. The fourth-order valence-corrected chi connectivity index (χ4v) is 3.06. The van der Waals surface area contributed by atoms with Crippen LogP contribution in [0.2, 0.25) is 0 Å². The van der Waals surface area contributed by atoms with E-state index in [-0.39, 0.29) is 0 Å². The number of fused-ring (bicyclic) bond motifs is 1. The normalized spacial score (nSPS) is 18.5. The van der Waals surface area contributed by atoms with Crippen molar-refractivity contribution in [2.45, 2.75) is 38.5 Å². The van der Waals surface area contributed by atoms with Crippen molar-refractivity contribution >= 4 is 16.3 Å². The molecule has 0 saturated heterocycles. The molecule has 0 amide bonds. The van der Waals surface area contributed by atoms with Crippen LogP contribution in [0, 0.1) is 5.92 Å². The first kappa shape index (κ1) is 11.1. The average Bonchev–Trinajstić information content (AvgIpc) is 2.77. The lowest BCUT2D eigenvalue weighted by Crippen LogP contribution is -2.14. The topological polar surface area (TPSA) is 69.1 Å². The molecule has 0 aliphatic heterocycles. The summed E-state index contributed by atoms with van der Waals surface area (Å²) < 4.78 is 1.94. The zero-order valence-corrected chi connectivity index (χ0v) is 10.8. The van der Waals surface area contributed by atoms with Crippen molar-refractivity contribution in [3.63, 3.8) is 0 Å². The van der Waals surface area contributed by atoms with Crippen LogP contribution in [-0.2, 0) is 6.42 Å². The molecule has 0 bridgehead atoms. The van der Waals surface area contributed by atoms with Gasteiger partial charge in [0.05, 0.1) is 0 Å². The van der Waals surface area contributed by atoms with Crippen LogP contribution in [0.1, 0.15) is 42.9 Å². The molecule has 6 heteroatoms. The van der Waals surface area contributed by atoms with E-state index in [2.05, 4.69) is 22.2 Å². The molecule has 3 rings (SSSR count). The van der Waals surface area contributed by atoms with E-state index >= 15 is 0 Å². The molecule has 2 N–H and O–H groups in total. The molecule has 2 aromatic heterocycles. The number of hydrogen-bond acceptors (Lipinski definition) is 5. The molecule has 1 unspecified atom stereocenters. The summed E-state index contributed by atoms with van der Waals surface area (Å²) in [6, 6.07) is 0. The van der Waals surface area contributed by atoms with Crippen LogP contribution in [-0.4, -0.2) is 26.4 Å². The summed E-state index contributed by atoms with van der Waals surface area (Å²) in [5, 5.41) is 14.2. The second kappa shape index (κ2) is 4.34. The molecule has 5 nitrogen and oxygen atoms in total. The minimum absolute atomic E-state index is 0.478. The van der Waals surface area contributed by atoms with Crippen molar-refractivity contribution in [2.75, 3.05) is 6.54 Å². The Morgan fingerprint density at radius 3 is 2.94 bits per heavy atom. The van der Waals surface area contributed by atoms with E-state index in [4.69, 9.17) is 5.73 Å². The molecule has 0 spiro atoms. The number of aromatic nitrogens is 4. The van der Waals surface area contributed by atoms with Gasteiger partial charge in [-0.25, -0.2) is 0 Å². The van der Waals surface area contributed by atoms with Gasteiger partial charge >= 0.3 is 0 Å². The molecular weight excluding hydrogens is 234 g/mol. The fraction of sp³-hybridized carbons (Fsp3) is 0.727. The van der Waals surface area contributed by atoms with E-state index in [0.717, 1.165) is 22.2 Å². The van der Waals surface area contributed by atoms with E-state index in [1.54, 1.807) is 11.3 Å². The van der Waals surface area contributed by atoms with Gasteiger partial charge in [-0.15, -0.1) is 10.2 Å². The Kier molecular flexibility index (Phi) is 2.84. The summed E-state index contributed by atoms with van der Waals surface area (Å²) in [5.41, 5.74) is 5.64. The van der Waals surface area contributed by atoms with Gasteiger partial charge in [-0.05, 0) is 25.3 Å². The second-order valence-electron chi connectivity index (χ2n) is 4.92. The molecule has 1 aliphatic carbocycles. The average molecular weight is 251 g/mol. The van der Waals surface area contributed by atoms with Crippen LogP contribution >= 0.6 is 11.3 Å². The molecule has 1 saturated carbocycles. The lowest BCUT2D eigenvalue weighted by atomic mass is 9.85. The molecule has 0 aromatic carbocycles.